The zero-order valence-corrected chi connectivity index (χ0v) is 11.3. The van der Waals surface area contributed by atoms with Crippen LogP contribution in [0.1, 0.15) is 24.5 Å². The van der Waals surface area contributed by atoms with E-state index in [9.17, 15) is 4.79 Å². The third-order valence-electron chi connectivity index (χ3n) is 2.90. The number of nitrogens with zero attached hydrogens (tertiary/aromatic N) is 2. The predicted octanol–water partition coefficient (Wildman–Crippen LogP) is 2.55. The highest BCUT2D eigenvalue weighted by molar-refractivity contribution is 5.76. The topological polar surface area (TPSA) is 44.1 Å². The van der Waals surface area contributed by atoms with Crippen molar-refractivity contribution < 1.29 is 4.79 Å². The van der Waals surface area contributed by atoms with E-state index in [1.165, 1.54) is 11.1 Å². The summed E-state index contributed by atoms with van der Waals surface area (Å²) in [7, 11) is 1.76. The summed E-state index contributed by atoms with van der Waals surface area (Å²) in [4.78, 5) is 13.5. The molecule has 0 aliphatic heterocycles. The summed E-state index contributed by atoms with van der Waals surface area (Å²) >= 11 is 0. The Morgan fingerprint density at radius 3 is 2.83 bits per heavy atom. The van der Waals surface area contributed by atoms with Crippen LogP contribution in [-0.2, 0) is 11.2 Å². The van der Waals surface area contributed by atoms with Crippen LogP contribution in [0.3, 0.4) is 0 Å². The Labute approximate surface area is 109 Å². The Hall–Kier alpha value is -1.82. The highest BCUT2D eigenvalue weighted by atomic mass is 16.2. The van der Waals surface area contributed by atoms with Crippen molar-refractivity contribution in [2.24, 2.45) is 5.92 Å². The van der Waals surface area contributed by atoms with Gasteiger partial charge in [-0.05, 0) is 25.8 Å². The molecule has 1 unspecified atom stereocenters. The van der Waals surface area contributed by atoms with E-state index in [0.717, 1.165) is 6.42 Å². The standard InChI is InChI=1S/C15H20N2O/c1-12-5-4-6-14(9-12)7-8-15(18)17(3)11-13(2)10-16/h4-6,9,13H,7-8,11H2,1-3H3. The molecular weight excluding hydrogens is 224 g/mol. The summed E-state index contributed by atoms with van der Waals surface area (Å²) in [5.41, 5.74) is 2.40. The molecule has 0 saturated heterocycles. The second kappa shape index (κ2) is 6.80. The second-order valence-electron chi connectivity index (χ2n) is 4.79. The van der Waals surface area contributed by atoms with Crippen LogP contribution in [-0.4, -0.2) is 24.4 Å². The first kappa shape index (κ1) is 14.2. The first-order valence-corrected chi connectivity index (χ1v) is 6.22. The van der Waals surface area contributed by atoms with Crippen molar-refractivity contribution in [3.05, 3.63) is 35.4 Å². The molecule has 0 radical (unpaired) electrons. The van der Waals surface area contributed by atoms with Crippen molar-refractivity contribution in [2.75, 3.05) is 13.6 Å². The third kappa shape index (κ3) is 4.58. The lowest BCUT2D eigenvalue weighted by molar-refractivity contribution is -0.130. The quantitative estimate of drug-likeness (QED) is 0.799. The molecule has 1 atom stereocenters. The molecule has 0 bridgehead atoms. The number of carbonyl (C=O) groups is 1. The van der Waals surface area contributed by atoms with Gasteiger partial charge in [0.2, 0.25) is 5.91 Å². The third-order valence-corrected chi connectivity index (χ3v) is 2.90. The van der Waals surface area contributed by atoms with Crippen LogP contribution in [0.15, 0.2) is 24.3 Å². The van der Waals surface area contributed by atoms with E-state index in [4.69, 9.17) is 5.26 Å². The van der Waals surface area contributed by atoms with E-state index >= 15 is 0 Å². The minimum atomic E-state index is -0.113. The number of amides is 1. The fourth-order valence-electron chi connectivity index (χ4n) is 1.86. The Morgan fingerprint density at radius 2 is 2.22 bits per heavy atom. The fraction of sp³-hybridized carbons (Fsp3) is 0.467. The Balaban J connectivity index is 2.44. The minimum absolute atomic E-state index is 0.0959. The molecule has 3 nitrogen and oxygen atoms in total. The fourth-order valence-corrected chi connectivity index (χ4v) is 1.86. The number of hydrogen-bond acceptors (Lipinski definition) is 2. The maximum absolute atomic E-state index is 11.9. The molecule has 1 aromatic rings. The number of benzene rings is 1. The van der Waals surface area contributed by atoms with E-state index < -0.39 is 0 Å². The molecule has 1 aromatic carbocycles. The van der Waals surface area contributed by atoms with Gasteiger partial charge in [-0.15, -0.1) is 0 Å². The first-order chi connectivity index (χ1) is 8.52. The largest absolute Gasteiger partial charge is 0.344 e. The van der Waals surface area contributed by atoms with Gasteiger partial charge in [-0.2, -0.15) is 5.26 Å². The van der Waals surface area contributed by atoms with Crippen LogP contribution in [0.25, 0.3) is 0 Å². The molecule has 0 aromatic heterocycles. The Bertz CT molecular complexity index is 448. The molecule has 96 valence electrons. The van der Waals surface area contributed by atoms with Gasteiger partial charge in [-0.1, -0.05) is 29.8 Å². The van der Waals surface area contributed by atoms with Gasteiger partial charge in [0.1, 0.15) is 0 Å². The molecule has 0 aliphatic carbocycles. The van der Waals surface area contributed by atoms with Crippen LogP contribution in [0.4, 0.5) is 0 Å². The Kier molecular flexibility index (Phi) is 5.38. The monoisotopic (exact) mass is 244 g/mol. The summed E-state index contributed by atoms with van der Waals surface area (Å²) in [5.74, 6) is -0.0171. The average Bonchev–Trinajstić information content (AvgIpc) is 2.35. The number of nitriles is 1. The molecule has 0 N–H and O–H groups in total. The van der Waals surface area contributed by atoms with Crippen LogP contribution < -0.4 is 0 Å². The van der Waals surface area contributed by atoms with Crippen LogP contribution >= 0.6 is 0 Å². The zero-order valence-electron chi connectivity index (χ0n) is 11.3. The molecule has 0 heterocycles. The van der Waals surface area contributed by atoms with Gasteiger partial charge >= 0.3 is 0 Å². The normalized spacial score (nSPS) is 11.7. The van der Waals surface area contributed by atoms with E-state index in [2.05, 4.69) is 12.1 Å². The van der Waals surface area contributed by atoms with Crippen LogP contribution in [0, 0.1) is 24.2 Å². The number of carbonyl (C=O) groups excluding carboxylic acids is 1. The van der Waals surface area contributed by atoms with Gasteiger partial charge in [0, 0.05) is 20.0 Å². The van der Waals surface area contributed by atoms with Crippen molar-refractivity contribution in [2.45, 2.75) is 26.7 Å². The van der Waals surface area contributed by atoms with Gasteiger partial charge in [0.05, 0.1) is 12.0 Å². The number of hydrogen-bond donors (Lipinski definition) is 0. The zero-order chi connectivity index (χ0) is 13.5. The summed E-state index contributed by atoms with van der Waals surface area (Å²) in [6.07, 6.45) is 1.25. The van der Waals surface area contributed by atoms with Crippen molar-refractivity contribution in [1.29, 1.82) is 5.26 Å². The van der Waals surface area contributed by atoms with E-state index in [1.54, 1.807) is 11.9 Å². The molecule has 1 rings (SSSR count). The lowest BCUT2D eigenvalue weighted by Gasteiger charge is -2.18. The summed E-state index contributed by atoms with van der Waals surface area (Å²) < 4.78 is 0. The van der Waals surface area contributed by atoms with E-state index in [0.29, 0.717) is 13.0 Å². The molecule has 0 aliphatic rings. The number of aryl methyl sites for hydroxylation is 2. The van der Waals surface area contributed by atoms with Crippen molar-refractivity contribution in [3.8, 4) is 6.07 Å². The van der Waals surface area contributed by atoms with Gasteiger partial charge < -0.3 is 4.90 Å². The van der Waals surface area contributed by atoms with E-state index in [1.807, 2.05) is 32.0 Å². The van der Waals surface area contributed by atoms with E-state index in [-0.39, 0.29) is 11.8 Å². The lowest BCUT2D eigenvalue weighted by Crippen LogP contribution is -2.30. The van der Waals surface area contributed by atoms with Crippen molar-refractivity contribution in [1.82, 2.24) is 4.90 Å². The predicted molar refractivity (Wildman–Crippen MR) is 71.9 cm³/mol. The Morgan fingerprint density at radius 1 is 1.50 bits per heavy atom. The molecule has 0 spiro atoms. The maximum Gasteiger partial charge on any atom is 0.222 e. The maximum atomic E-state index is 11.9. The first-order valence-electron chi connectivity index (χ1n) is 6.22. The molecule has 3 heteroatoms. The average molecular weight is 244 g/mol. The van der Waals surface area contributed by atoms with Gasteiger partial charge in [0.25, 0.3) is 0 Å². The minimum Gasteiger partial charge on any atom is -0.344 e. The van der Waals surface area contributed by atoms with Crippen molar-refractivity contribution in [3.63, 3.8) is 0 Å². The van der Waals surface area contributed by atoms with Crippen LogP contribution in [0.5, 0.6) is 0 Å². The highest BCUT2D eigenvalue weighted by Gasteiger charge is 2.11. The van der Waals surface area contributed by atoms with Gasteiger partial charge in [0.15, 0.2) is 0 Å². The van der Waals surface area contributed by atoms with Crippen LogP contribution in [0.2, 0.25) is 0 Å². The summed E-state index contributed by atoms with van der Waals surface area (Å²) in [6, 6.07) is 10.3. The van der Waals surface area contributed by atoms with Gasteiger partial charge in [-0.3, -0.25) is 4.79 Å². The summed E-state index contributed by atoms with van der Waals surface area (Å²) in [5, 5.41) is 8.72. The lowest BCUT2D eigenvalue weighted by atomic mass is 10.1. The second-order valence-corrected chi connectivity index (χ2v) is 4.79. The van der Waals surface area contributed by atoms with Gasteiger partial charge in [-0.25, -0.2) is 0 Å². The molecule has 0 saturated carbocycles. The summed E-state index contributed by atoms with van der Waals surface area (Å²) in [6.45, 7) is 4.37. The molecule has 18 heavy (non-hydrogen) atoms. The highest BCUT2D eigenvalue weighted by Crippen LogP contribution is 2.08. The molecule has 1 amide bonds. The smallest absolute Gasteiger partial charge is 0.222 e. The number of rotatable bonds is 5. The SMILES string of the molecule is Cc1cccc(CCC(=O)N(C)CC(C)C#N)c1. The van der Waals surface area contributed by atoms with Crippen molar-refractivity contribution >= 4 is 5.91 Å². The molecule has 0 fully saturated rings. The molecular formula is C15H20N2O.